The van der Waals surface area contributed by atoms with Crippen LogP contribution in [0.15, 0.2) is 183 Å². The summed E-state index contributed by atoms with van der Waals surface area (Å²) in [6, 6.07) is 62.6. The summed E-state index contributed by atoms with van der Waals surface area (Å²) in [5.41, 5.74) is 15.5. The van der Waals surface area contributed by atoms with Gasteiger partial charge in [0.2, 0.25) is 0 Å². The molecule has 57 heavy (non-hydrogen) atoms. The fourth-order valence-electron chi connectivity index (χ4n) is 10.8. The predicted octanol–water partition coefficient (Wildman–Crippen LogP) is 13.6. The second-order valence-electron chi connectivity index (χ2n) is 15.8. The molecule has 5 heteroatoms. The third-order valence-electron chi connectivity index (χ3n) is 13.1. The minimum atomic E-state index is 0.00250. The molecule has 0 bridgehead atoms. The van der Waals surface area contributed by atoms with E-state index in [-0.39, 0.29) is 12.8 Å². The molecule has 0 N–H and O–H groups in total. The van der Waals surface area contributed by atoms with Gasteiger partial charge in [0.15, 0.2) is 0 Å². The average molecular weight is 776 g/mol. The summed E-state index contributed by atoms with van der Waals surface area (Å²) < 4.78 is 2.69. The highest BCUT2D eigenvalue weighted by Crippen LogP contribution is 2.57. The lowest BCUT2D eigenvalue weighted by molar-refractivity contribution is 0.805. The zero-order valence-corrected chi connectivity index (χ0v) is 33.1. The first-order valence-electron chi connectivity index (χ1n) is 19.8. The van der Waals surface area contributed by atoms with Gasteiger partial charge in [-0.25, -0.2) is 0 Å². The molecule has 3 aliphatic heterocycles. The lowest BCUT2D eigenvalue weighted by Crippen LogP contribution is -2.62. The number of anilines is 2. The zero-order valence-electron chi connectivity index (χ0n) is 30.6. The Hall–Kier alpha value is -5.72. The Kier molecular flexibility index (Phi) is 6.30. The molecule has 0 radical (unpaired) electrons. The molecule has 0 saturated carbocycles. The molecular formula is C52H30BNS3. The van der Waals surface area contributed by atoms with E-state index < -0.39 is 0 Å². The Bertz CT molecular complexity index is 3440. The number of fused-ring (bicyclic) bond motifs is 15. The van der Waals surface area contributed by atoms with Gasteiger partial charge in [0.1, 0.15) is 0 Å². The van der Waals surface area contributed by atoms with Crippen molar-refractivity contribution in [2.75, 3.05) is 4.81 Å². The van der Waals surface area contributed by atoms with Crippen LogP contribution in [0.3, 0.4) is 0 Å². The third kappa shape index (κ3) is 4.19. The van der Waals surface area contributed by atoms with E-state index in [2.05, 4.69) is 169 Å². The minimum Gasteiger partial charge on any atom is -0.375 e. The topological polar surface area (TPSA) is 3.24 Å². The van der Waals surface area contributed by atoms with Crippen molar-refractivity contribution in [2.24, 2.45) is 0 Å². The lowest BCUT2D eigenvalue weighted by atomic mass is 9.39. The van der Waals surface area contributed by atoms with Crippen molar-refractivity contribution in [1.82, 2.24) is 0 Å². The van der Waals surface area contributed by atoms with Gasteiger partial charge < -0.3 is 4.81 Å². The Labute approximate surface area is 343 Å². The number of nitrogens with zero attached hydrogens (tertiary/aromatic N) is 1. The molecule has 10 aromatic rings. The largest absolute Gasteiger partial charge is 0.375 e. The SMILES string of the molecule is c1ccc2c(c1)Sc1cc3c(cc1S2)N(c1cccc2c1sc1ccccc12)B1c2cccc4c2C(Cc2c-4ccc4ccccc24)c2cc4ccccc4c-3c21. The van der Waals surface area contributed by atoms with Gasteiger partial charge in [0.25, 0.3) is 0 Å². The third-order valence-corrected chi connectivity index (χ3v) is 16.8. The molecule has 0 spiro atoms. The second-order valence-corrected chi connectivity index (χ2v) is 19.1. The quantitative estimate of drug-likeness (QED) is 0.153. The summed E-state index contributed by atoms with van der Waals surface area (Å²) >= 11 is 5.78. The summed E-state index contributed by atoms with van der Waals surface area (Å²) in [5, 5.41) is 8.04. The van der Waals surface area contributed by atoms with E-state index in [1.54, 1.807) is 0 Å². The van der Waals surface area contributed by atoms with E-state index in [1.165, 1.54) is 123 Å². The Balaban J connectivity index is 1.13. The molecule has 1 unspecified atom stereocenters. The first kappa shape index (κ1) is 31.4. The minimum absolute atomic E-state index is 0.00250. The highest BCUT2D eigenvalue weighted by atomic mass is 32.2. The molecule has 0 fully saturated rings. The standard InChI is InChI=1S/C52H30BNS3/c1-3-13-31-29(11-1)23-24-33-35-16-9-18-41-49(35)38(26-37(31)33)39-25-30-12-2-4-14-32(30)50-40-27-47-48(56-46-22-8-7-21-45(46)55-47)28-43(40)54(53(41)51(39)50)42-19-10-17-36-34-15-5-6-20-44(34)57-52(36)42/h1-25,27-28,38H,26H2. The molecular weight excluding hydrogens is 746 g/mol. The fourth-order valence-corrected chi connectivity index (χ4v) is 14.3. The van der Waals surface area contributed by atoms with Gasteiger partial charge in [-0.1, -0.05) is 151 Å². The lowest BCUT2D eigenvalue weighted by Gasteiger charge is -2.47. The van der Waals surface area contributed by atoms with Crippen molar-refractivity contribution in [1.29, 1.82) is 0 Å². The molecule has 9 aromatic carbocycles. The van der Waals surface area contributed by atoms with Crippen LogP contribution >= 0.6 is 34.9 Å². The molecule has 1 aliphatic carbocycles. The van der Waals surface area contributed by atoms with E-state index in [0.29, 0.717) is 0 Å². The van der Waals surface area contributed by atoms with Crippen molar-refractivity contribution in [2.45, 2.75) is 31.9 Å². The highest BCUT2D eigenvalue weighted by Gasteiger charge is 2.48. The van der Waals surface area contributed by atoms with Gasteiger partial charge in [0.05, 0.1) is 4.70 Å². The summed E-state index contributed by atoms with van der Waals surface area (Å²) in [6.07, 6.45) is 0.990. The highest BCUT2D eigenvalue weighted by molar-refractivity contribution is 8.05. The maximum absolute atomic E-state index is 2.77. The van der Waals surface area contributed by atoms with Crippen molar-refractivity contribution in [3.05, 3.63) is 180 Å². The van der Waals surface area contributed by atoms with E-state index in [1.807, 2.05) is 34.9 Å². The molecule has 14 rings (SSSR count). The Morgan fingerprint density at radius 1 is 0.509 bits per heavy atom. The predicted molar refractivity (Wildman–Crippen MR) is 245 cm³/mol. The van der Waals surface area contributed by atoms with Crippen LogP contribution in [-0.2, 0) is 6.42 Å². The molecule has 1 nitrogen and oxygen atoms in total. The molecule has 4 heterocycles. The molecule has 264 valence electrons. The second kappa shape index (κ2) is 11.4. The summed E-state index contributed by atoms with van der Waals surface area (Å²) in [5.74, 6) is 0.252. The number of thiophene rings is 1. The average Bonchev–Trinajstić information content (AvgIpc) is 3.65. The Morgan fingerprint density at radius 3 is 2.11 bits per heavy atom. The van der Waals surface area contributed by atoms with Crippen LogP contribution in [0, 0.1) is 0 Å². The summed E-state index contributed by atoms with van der Waals surface area (Å²) in [7, 11) is 0. The molecule has 0 saturated heterocycles. The first-order valence-corrected chi connectivity index (χ1v) is 22.2. The van der Waals surface area contributed by atoms with Crippen LogP contribution in [0.25, 0.3) is 64.0 Å². The van der Waals surface area contributed by atoms with Gasteiger partial charge in [0, 0.05) is 57.9 Å². The summed E-state index contributed by atoms with van der Waals surface area (Å²) in [6.45, 7) is 0.00250. The van der Waals surface area contributed by atoms with Crippen LogP contribution in [0.5, 0.6) is 0 Å². The van der Waals surface area contributed by atoms with Crippen LogP contribution in [0.2, 0.25) is 0 Å². The maximum Gasteiger partial charge on any atom is 0.329 e. The van der Waals surface area contributed by atoms with Crippen LogP contribution < -0.4 is 15.7 Å². The first-order chi connectivity index (χ1) is 28.3. The fraction of sp³-hybridized carbons (Fsp3) is 0.0385. The Morgan fingerprint density at radius 2 is 1.23 bits per heavy atom. The smallest absolute Gasteiger partial charge is 0.329 e. The molecule has 4 aliphatic rings. The van der Waals surface area contributed by atoms with E-state index >= 15 is 0 Å². The molecule has 1 atom stereocenters. The van der Waals surface area contributed by atoms with Crippen molar-refractivity contribution < 1.29 is 0 Å². The number of hydrogen-bond acceptors (Lipinski definition) is 4. The maximum atomic E-state index is 2.77. The van der Waals surface area contributed by atoms with E-state index in [4.69, 9.17) is 0 Å². The summed E-state index contributed by atoms with van der Waals surface area (Å²) in [4.78, 5) is 8.11. The zero-order chi connectivity index (χ0) is 36.9. The van der Waals surface area contributed by atoms with Gasteiger partial charge in [-0.2, -0.15) is 0 Å². The van der Waals surface area contributed by atoms with Crippen molar-refractivity contribution >= 4 is 106 Å². The number of benzene rings is 9. The van der Waals surface area contributed by atoms with Crippen molar-refractivity contribution in [3.8, 4) is 22.3 Å². The number of rotatable bonds is 1. The molecule has 1 aromatic heterocycles. The molecule has 0 amide bonds. The van der Waals surface area contributed by atoms with Crippen LogP contribution in [0.4, 0.5) is 11.4 Å². The van der Waals surface area contributed by atoms with E-state index in [9.17, 15) is 0 Å². The van der Waals surface area contributed by atoms with Crippen molar-refractivity contribution in [3.63, 3.8) is 0 Å². The normalized spacial score (nSPS) is 15.6. The monoisotopic (exact) mass is 775 g/mol. The van der Waals surface area contributed by atoms with Crippen LogP contribution in [-0.4, -0.2) is 6.85 Å². The van der Waals surface area contributed by atoms with Gasteiger partial charge in [-0.05, 0) is 109 Å². The van der Waals surface area contributed by atoms with Gasteiger partial charge in [-0.3, -0.25) is 0 Å². The number of hydrogen-bond donors (Lipinski definition) is 0. The van der Waals surface area contributed by atoms with Gasteiger partial charge in [-0.15, -0.1) is 11.3 Å². The van der Waals surface area contributed by atoms with Gasteiger partial charge >= 0.3 is 6.85 Å². The van der Waals surface area contributed by atoms with Crippen LogP contribution in [0.1, 0.15) is 22.6 Å². The van der Waals surface area contributed by atoms with E-state index in [0.717, 1.165) is 6.42 Å².